The van der Waals surface area contributed by atoms with E-state index in [9.17, 15) is 10.1 Å². The van der Waals surface area contributed by atoms with Crippen LogP contribution in [0.4, 0.5) is 17.3 Å². The molecule has 0 saturated carbocycles. The van der Waals surface area contributed by atoms with Crippen molar-refractivity contribution in [1.82, 2.24) is 14.9 Å². The van der Waals surface area contributed by atoms with Crippen LogP contribution in [0.5, 0.6) is 0 Å². The fourth-order valence-corrected chi connectivity index (χ4v) is 1.48. The molecule has 0 amide bonds. The largest absolute Gasteiger partial charge is 0.364 e. The topological polar surface area (TPSA) is 96.2 Å². The van der Waals surface area contributed by atoms with Gasteiger partial charge < -0.3 is 15.5 Å². The minimum atomic E-state index is -0.458. The molecule has 1 aromatic heterocycles. The van der Waals surface area contributed by atoms with Gasteiger partial charge in [0.05, 0.1) is 4.92 Å². The number of likely N-dealkylation sites (N-methyl/N-ethyl adjacent to an activating group) is 1. The molecule has 0 saturated heterocycles. The van der Waals surface area contributed by atoms with Gasteiger partial charge in [0.15, 0.2) is 0 Å². The molecule has 0 bridgehead atoms. The van der Waals surface area contributed by atoms with Gasteiger partial charge in [0.25, 0.3) is 0 Å². The van der Waals surface area contributed by atoms with Crippen molar-refractivity contribution < 1.29 is 4.92 Å². The van der Waals surface area contributed by atoms with Crippen LogP contribution in [0.3, 0.4) is 0 Å². The molecule has 0 spiro atoms. The van der Waals surface area contributed by atoms with Crippen LogP contribution in [-0.4, -0.2) is 53.0 Å². The third-order valence-electron chi connectivity index (χ3n) is 2.99. The van der Waals surface area contributed by atoms with E-state index in [-0.39, 0.29) is 23.4 Å². The highest BCUT2D eigenvalue weighted by Crippen LogP contribution is 2.28. The first-order valence-corrected chi connectivity index (χ1v) is 6.60. The van der Waals surface area contributed by atoms with Gasteiger partial charge in [0, 0.05) is 19.1 Å². The van der Waals surface area contributed by atoms with Crippen LogP contribution in [0.2, 0.25) is 0 Å². The molecule has 8 nitrogen and oxygen atoms in total. The minimum absolute atomic E-state index is 0.105. The van der Waals surface area contributed by atoms with Gasteiger partial charge in [-0.25, -0.2) is 9.97 Å². The van der Waals surface area contributed by atoms with E-state index in [2.05, 4.69) is 20.6 Å². The smallest absolute Gasteiger partial charge is 0.353 e. The average molecular weight is 282 g/mol. The van der Waals surface area contributed by atoms with Crippen LogP contribution >= 0.6 is 0 Å². The first-order chi connectivity index (χ1) is 9.47. The molecule has 1 heterocycles. The Labute approximate surface area is 118 Å². The number of nitro groups is 1. The van der Waals surface area contributed by atoms with Crippen molar-refractivity contribution in [3.63, 3.8) is 0 Å². The molecule has 2 N–H and O–H groups in total. The van der Waals surface area contributed by atoms with E-state index < -0.39 is 4.92 Å². The molecule has 112 valence electrons. The van der Waals surface area contributed by atoms with Crippen LogP contribution in [0, 0.1) is 10.1 Å². The van der Waals surface area contributed by atoms with Crippen LogP contribution < -0.4 is 10.6 Å². The molecule has 0 aliphatic rings. The summed E-state index contributed by atoms with van der Waals surface area (Å²) in [6.45, 7) is 5.21. The number of nitrogens with one attached hydrogen (secondary N) is 2. The maximum atomic E-state index is 11.2. The molecule has 20 heavy (non-hydrogen) atoms. The van der Waals surface area contributed by atoms with Gasteiger partial charge in [-0.15, -0.1) is 0 Å². The SMILES string of the molecule is CCCNc1ncnc(NCC(C)N(C)C)c1[N+](=O)[O-]. The Morgan fingerprint density at radius 1 is 1.35 bits per heavy atom. The quantitative estimate of drug-likeness (QED) is 0.551. The molecular formula is C12H22N6O2. The minimum Gasteiger partial charge on any atom is -0.364 e. The Morgan fingerprint density at radius 3 is 2.45 bits per heavy atom. The normalized spacial score (nSPS) is 12.2. The molecule has 1 unspecified atom stereocenters. The summed E-state index contributed by atoms with van der Waals surface area (Å²) >= 11 is 0. The summed E-state index contributed by atoms with van der Waals surface area (Å²) in [4.78, 5) is 20.7. The van der Waals surface area contributed by atoms with Gasteiger partial charge in [-0.1, -0.05) is 6.92 Å². The zero-order valence-corrected chi connectivity index (χ0v) is 12.4. The lowest BCUT2D eigenvalue weighted by Gasteiger charge is -2.20. The van der Waals surface area contributed by atoms with E-state index in [1.165, 1.54) is 6.33 Å². The van der Waals surface area contributed by atoms with Gasteiger partial charge in [-0.3, -0.25) is 10.1 Å². The molecule has 1 rings (SSSR count). The molecule has 0 radical (unpaired) electrons. The lowest BCUT2D eigenvalue weighted by atomic mass is 10.3. The van der Waals surface area contributed by atoms with Crippen molar-refractivity contribution in [2.45, 2.75) is 26.3 Å². The van der Waals surface area contributed by atoms with Crippen molar-refractivity contribution in [1.29, 1.82) is 0 Å². The fraction of sp³-hybridized carbons (Fsp3) is 0.667. The van der Waals surface area contributed by atoms with Gasteiger partial charge in [-0.2, -0.15) is 0 Å². The third-order valence-corrected chi connectivity index (χ3v) is 2.99. The van der Waals surface area contributed by atoms with Gasteiger partial charge in [0.1, 0.15) is 6.33 Å². The number of rotatable bonds is 8. The van der Waals surface area contributed by atoms with E-state index in [1.807, 2.05) is 32.8 Å². The zero-order chi connectivity index (χ0) is 15.1. The Balaban J connectivity index is 2.91. The maximum absolute atomic E-state index is 11.2. The van der Waals surface area contributed by atoms with Crippen LogP contribution in [0.25, 0.3) is 0 Å². The Morgan fingerprint density at radius 2 is 1.95 bits per heavy atom. The average Bonchev–Trinajstić information content (AvgIpc) is 2.41. The molecule has 1 atom stereocenters. The number of nitrogens with zero attached hydrogens (tertiary/aromatic N) is 4. The lowest BCUT2D eigenvalue weighted by Crippen LogP contribution is -2.31. The first-order valence-electron chi connectivity index (χ1n) is 6.60. The van der Waals surface area contributed by atoms with Crippen molar-refractivity contribution in [2.24, 2.45) is 0 Å². The molecule has 0 fully saturated rings. The monoisotopic (exact) mass is 282 g/mol. The molecule has 0 aliphatic heterocycles. The van der Waals surface area contributed by atoms with Crippen molar-refractivity contribution >= 4 is 17.3 Å². The standard InChI is InChI=1S/C12H22N6O2/c1-5-6-13-11-10(18(19)20)12(16-8-15-11)14-7-9(2)17(3)4/h8-9H,5-7H2,1-4H3,(H2,13,14,15,16). The molecule has 1 aromatic rings. The zero-order valence-electron chi connectivity index (χ0n) is 12.4. The number of hydrogen-bond acceptors (Lipinski definition) is 7. The van der Waals surface area contributed by atoms with Crippen LogP contribution in [0.1, 0.15) is 20.3 Å². The summed E-state index contributed by atoms with van der Waals surface area (Å²) in [6, 6.07) is 0.233. The summed E-state index contributed by atoms with van der Waals surface area (Å²) < 4.78 is 0. The van der Waals surface area contributed by atoms with Crippen LogP contribution in [-0.2, 0) is 0 Å². The van der Waals surface area contributed by atoms with Gasteiger partial charge in [0.2, 0.25) is 11.6 Å². The predicted octanol–water partition coefficient (Wildman–Crippen LogP) is 1.57. The first kappa shape index (κ1) is 16.1. The highest BCUT2D eigenvalue weighted by molar-refractivity contribution is 5.69. The second kappa shape index (κ2) is 7.59. The van der Waals surface area contributed by atoms with Gasteiger partial charge in [-0.05, 0) is 27.4 Å². The number of anilines is 2. The highest BCUT2D eigenvalue weighted by atomic mass is 16.6. The molecule has 0 aromatic carbocycles. The van der Waals surface area contributed by atoms with Crippen molar-refractivity contribution in [2.75, 3.05) is 37.8 Å². The molecular weight excluding hydrogens is 260 g/mol. The predicted molar refractivity (Wildman–Crippen MR) is 79.1 cm³/mol. The summed E-state index contributed by atoms with van der Waals surface area (Å²) in [5.41, 5.74) is -0.105. The van der Waals surface area contributed by atoms with E-state index in [0.29, 0.717) is 13.1 Å². The van der Waals surface area contributed by atoms with E-state index in [0.717, 1.165) is 6.42 Å². The molecule has 0 aliphatic carbocycles. The summed E-state index contributed by atoms with van der Waals surface area (Å²) in [6.07, 6.45) is 2.19. The second-order valence-electron chi connectivity index (χ2n) is 4.80. The van der Waals surface area contributed by atoms with Crippen molar-refractivity contribution in [3.05, 3.63) is 16.4 Å². The summed E-state index contributed by atoms with van der Waals surface area (Å²) in [5.74, 6) is 0.504. The van der Waals surface area contributed by atoms with Gasteiger partial charge >= 0.3 is 5.69 Å². The van der Waals surface area contributed by atoms with E-state index in [1.54, 1.807) is 0 Å². The Kier molecular flexibility index (Phi) is 6.10. The van der Waals surface area contributed by atoms with E-state index >= 15 is 0 Å². The Bertz CT molecular complexity index is 452. The van der Waals surface area contributed by atoms with E-state index in [4.69, 9.17) is 0 Å². The maximum Gasteiger partial charge on any atom is 0.353 e. The number of hydrogen-bond donors (Lipinski definition) is 2. The number of aromatic nitrogens is 2. The molecule has 8 heteroatoms. The summed E-state index contributed by atoms with van der Waals surface area (Å²) in [7, 11) is 3.91. The van der Waals surface area contributed by atoms with Crippen molar-refractivity contribution in [3.8, 4) is 0 Å². The highest BCUT2D eigenvalue weighted by Gasteiger charge is 2.22. The Hall–Kier alpha value is -1.96. The van der Waals surface area contributed by atoms with Crippen LogP contribution in [0.15, 0.2) is 6.33 Å². The lowest BCUT2D eigenvalue weighted by molar-refractivity contribution is -0.383. The second-order valence-corrected chi connectivity index (χ2v) is 4.80. The fourth-order valence-electron chi connectivity index (χ4n) is 1.48. The summed E-state index contributed by atoms with van der Waals surface area (Å²) in [5, 5.41) is 17.2. The third kappa shape index (κ3) is 4.30.